The van der Waals surface area contributed by atoms with Gasteiger partial charge in [-0.25, -0.2) is 0 Å². The number of carbonyl (C=O) groups is 1. The third kappa shape index (κ3) is 2.22. The second-order valence-corrected chi connectivity index (χ2v) is 5.13. The van der Waals surface area contributed by atoms with Crippen LogP contribution in [0.25, 0.3) is 0 Å². The molecule has 1 saturated carbocycles. The van der Waals surface area contributed by atoms with Gasteiger partial charge in [-0.1, -0.05) is 12.1 Å². The van der Waals surface area contributed by atoms with Gasteiger partial charge in [0.1, 0.15) is 11.5 Å². The highest BCUT2D eigenvalue weighted by atomic mass is 16.5. The third-order valence-corrected chi connectivity index (χ3v) is 3.93. The van der Waals surface area contributed by atoms with Crippen molar-refractivity contribution < 1.29 is 9.53 Å². The van der Waals surface area contributed by atoms with Crippen LogP contribution in [0.15, 0.2) is 24.3 Å². The number of hydrogen-bond acceptors (Lipinski definition) is 3. The Bertz CT molecular complexity index is 434. The molecule has 3 heteroatoms. The summed E-state index contributed by atoms with van der Waals surface area (Å²) in [6, 6.07) is 8.77. The van der Waals surface area contributed by atoms with Crippen molar-refractivity contribution in [2.24, 2.45) is 0 Å². The van der Waals surface area contributed by atoms with Crippen molar-refractivity contribution in [2.75, 3.05) is 18.1 Å². The summed E-state index contributed by atoms with van der Waals surface area (Å²) in [5.41, 5.74) is 1.20. The molecule has 0 saturated heterocycles. The molecule has 0 bridgehead atoms. The molecule has 0 unspecified atom stereocenters. The van der Waals surface area contributed by atoms with Crippen LogP contribution in [0.1, 0.15) is 32.1 Å². The van der Waals surface area contributed by atoms with Gasteiger partial charge in [-0.15, -0.1) is 0 Å². The summed E-state index contributed by atoms with van der Waals surface area (Å²) < 4.78 is 5.78. The first-order valence-corrected chi connectivity index (χ1v) is 6.85. The second kappa shape index (κ2) is 5.01. The van der Waals surface area contributed by atoms with E-state index in [0.29, 0.717) is 11.8 Å². The van der Waals surface area contributed by atoms with Crippen molar-refractivity contribution in [3.8, 4) is 5.75 Å². The van der Waals surface area contributed by atoms with Crippen molar-refractivity contribution in [1.29, 1.82) is 0 Å². The van der Waals surface area contributed by atoms with E-state index in [-0.39, 0.29) is 0 Å². The molecule has 1 fully saturated rings. The Morgan fingerprint density at radius 1 is 1.17 bits per heavy atom. The SMILES string of the molecule is O=C1CCC(N2CCCOc3ccccc32)CC1. The van der Waals surface area contributed by atoms with Crippen LogP contribution in [0.5, 0.6) is 5.75 Å². The number of Topliss-reactive ketones (excluding diaryl/α,β-unsaturated/α-hetero) is 1. The molecule has 3 rings (SSSR count). The van der Waals surface area contributed by atoms with Crippen LogP contribution in [-0.2, 0) is 4.79 Å². The summed E-state index contributed by atoms with van der Waals surface area (Å²) >= 11 is 0. The zero-order chi connectivity index (χ0) is 12.4. The quantitative estimate of drug-likeness (QED) is 0.762. The maximum absolute atomic E-state index is 11.4. The first kappa shape index (κ1) is 11.6. The van der Waals surface area contributed by atoms with Crippen LogP contribution in [-0.4, -0.2) is 25.0 Å². The monoisotopic (exact) mass is 245 g/mol. The molecular formula is C15H19NO2. The Balaban J connectivity index is 1.85. The normalized spacial score (nSPS) is 21.1. The molecule has 1 heterocycles. The van der Waals surface area contributed by atoms with Crippen LogP contribution in [0.2, 0.25) is 0 Å². The van der Waals surface area contributed by atoms with Crippen LogP contribution in [0.4, 0.5) is 5.69 Å². The van der Waals surface area contributed by atoms with Gasteiger partial charge in [0.25, 0.3) is 0 Å². The molecule has 1 aromatic rings. The number of ether oxygens (including phenoxy) is 1. The number of anilines is 1. The van der Waals surface area contributed by atoms with Crippen molar-refractivity contribution in [2.45, 2.75) is 38.1 Å². The summed E-state index contributed by atoms with van der Waals surface area (Å²) in [4.78, 5) is 13.8. The lowest BCUT2D eigenvalue weighted by molar-refractivity contribution is -0.120. The maximum atomic E-state index is 11.4. The Morgan fingerprint density at radius 3 is 2.78 bits per heavy atom. The molecule has 0 radical (unpaired) electrons. The van der Waals surface area contributed by atoms with Crippen LogP contribution in [0, 0.1) is 0 Å². The Kier molecular flexibility index (Phi) is 3.22. The Labute approximate surface area is 108 Å². The summed E-state index contributed by atoms with van der Waals surface area (Å²) in [5, 5.41) is 0. The third-order valence-electron chi connectivity index (χ3n) is 3.93. The Hall–Kier alpha value is -1.51. The van der Waals surface area contributed by atoms with E-state index >= 15 is 0 Å². The van der Waals surface area contributed by atoms with Crippen molar-refractivity contribution in [3.05, 3.63) is 24.3 Å². The first-order chi connectivity index (χ1) is 8.84. The number of nitrogens with zero attached hydrogens (tertiary/aromatic N) is 1. The number of rotatable bonds is 1. The van der Waals surface area contributed by atoms with Crippen LogP contribution >= 0.6 is 0 Å². The van der Waals surface area contributed by atoms with Gasteiger partial charge in [0.05, 0.1) is 12.3 Å². The minimum Gasteiger partial charge on any atom is -0.491 e. The minimum absolute atomic E-state index is 0.422. The van der Waals surface area contributed by atoms with E-state index in [2.05, 4.69) is 17.0 Å². The highest BCUT2D eigenvalue weighted by Gasteiger charge is 2.27. The summed E-state index contributed by atoms with van der Waals surface area (Å²) in [6.45, 7) is 1.83. The first-order valence-electron chi connectivity index (χ1n) is 6.85. The number of benzene rings is 1. The fourth-order valence-corrected chi connectivity index (χ4v) is 2.97. The van der Waals surface area contributed by atoms with Gasteiger partial charge in [0.2, 0.25) is 0 Å². The lowest BCUT2D eigenvalue weighted by Gasteiger charge is -2.35. The minimum atomic E-state index is 0.422. The number of hydrogen-bond donors (Lipinski definition) is 0. The lowest BCUT2D eigenvalue weighted by Crippen LogP contribution is -2.38. The van der Waals surface area contributed by atoms with Crippen molar-refractivity contribution >= 4 is 11.5 Å². The lowest BCUT2D eigenvalue weighted by atomic mass is 9.92. The number of ketones is 1. The summed E-state index contributed by atoms with van der Waals surface area (Å²) in [5.74, 6) is 1.41. The standard InChI is InChI=1S/C15H19NO2/c17-13-8-6-12(7-9-13)16-10-3-11-18-15-5-2-1-4-14(15)16/h1-2,4-5,12H,3,6-11H2. The van der Waals surface area contributed by atoms with E-state index in [1.807, 2.05) is 12.1 Å². The molecule has 1 aromatic carbocycles. The summed E-state index contributed by atoms with van der Waals surface area (Å²) in [7, 11) is 0. The van der Waals surface area contributed by atoms with Gasteiger partial charge in [-0.2, -0.15) is 0 Å². The average Bonchev–Trinajstić information content (AvgIpc) is 2.62. The van der Waals surface area contributed by atoms with E-state index in [1.54, 1.807) is 0 Å². The number of fused-ring (bicyclic) bond motifs is 1. The van der Waals surface area contributed by atoms with Crippen molar-refractivity contribution in [3.63, 3.8) is 0 Å². The smallest absolute Gasteiger partial charge is 0.142 e. The number of carbonyl (C=O) groups excluding carboxylic acids is 1. The molecule has 0 aromatic heterocycles. The molecule has 96 valence electrons. The van der Waals surface area contributed by atoms with Gasteiger partial charge in [-0.3, -0.25) is 4.79 Å². The second-order valence-electron chi connectivity index (χ2n) is 5.13. The Morgan fingerprint density at radius 2 is 1.94 bits per heavy atom. The zero-order valence-electron chi connectivity index (χ0n) is 10.6. The predicted molar refractivity (Wildman–Crippen MR) is 71.2 cm³/mol. The molecule has 18 heavy (non-hydrogen) atoms. The van der Waals surface area contributed by atoms with E-state index in [9.17, 15) is 4.79 Å². The van der Waals surface area contributed by atoms with Crippen LogP contribution < -0.4 is 9.64 Å². The summed E-state index contributed by atoms with van der Waals surface area (Å²) in [6.07, 6.45) is 4.52. The molecule has 0 spiro atoms. The van der Waals surface area contributed by atoms with Gasteiger partial charge < -0.3 is 9.64 Å². The average molecular weight is 245 g/mol. The van der Waals surface area contributed by atoms with E-state index in [4.69, 9.17) is 4.74 Å². The van der Waals surface area contributed by atoms with Gasteiger partial charge in [0, 0.05) is 25.4 Å². The topological polar surface area (TPSA) is 29.5 Å². The molecule has 1 aliphatic carbocycles. The van der Waals surface area contributed by atoms with Gasteiger partial charge in [0.15, 0.2) is 0 Å². The van der Waals surface area contributed by atoms with E-state index < -0.39 is 0 Å². The predicted octanol–water partition coefficient (Wildman–Crippen LogP) is 2.79. The van der Waals surface area contributed by atoms with Crippen molar-refractivity contribution in [1.82, 2.24) is 0 Å². The molecule has 2 aliphatic rings. The maximum Gasteiger partial charge on any atom is 0.142 e. The highest BCUT2D eigenvalue weighted by molar-refractivity contribution is 5.79. The molecule has 1 aliphatic heterocycles. The van der Waals surface area contributed by atoms with Gasteiger partial charge >= 0.3 is 0 Å². The highest BCUT2D eigenvalue weighted by Crippen LogP contribution is 2.34. The largest absolute Gasteiger partial charge is 0.491 e. The molecule has 3 nitrogen and oxygen atoms in total. The van der Waals surface area contributed by atoms with Crippen LogP contribution in [0.3, 0.4) is 0 Å². The number of para-hydroxylation sites is 2. The molecule has 0 amide bonds. The zero-order valence-corrected chi connectivity index (χ0v) is 10.6. The molecular weight excluding hydrogens is 226 g/mol. The van der Waals surface area contributed by atoms with E-state index in [0.717, 1.165) is 51.0 Å². The van der Waals surface area contributed by atoms with E-state index in [1.165, 1.54) is 5.69 Å². The molecule has 0 atom stereocenters. The van der Waals surface area contributed by atoms with Gasteiger partial charge in [-0.05, 0) is 31.4 Å². The fraction of sp³-hybridized carbons (Fsp3) is 0.533. The molecule has 0 N–H and O–H groups in total. The fourth-order valence-electron chi connectivity index (χ4n) is 2.97.